The van der Waals surface area contributed by atoms with E-state index in [4.69, 9.17) is 4.74 Å². The molecule has 0 atom stereocenters. The summed E-state index contributed by atoms with van der Waals surface area (Å²) >= 11 is 0. The van der Waals surface area contributed by atoms with Gasteiger partial charge in [0.2, 0.25) is 15.8 Å². The molecule has 0 spiro atoms. The van der Waals surface area contributed by atoms with Crippen molar-refractivity contribution in [3.8, 4) is 0 Å². The Labute approximate surface area is 161 Å². The lowest BCUT2D eigenvalue weighted by atomic mass is 10.1. The molecule has 0 bridgehead atoms. The molecule has 1 aliphatic rings. The van der Waals surface area contributed by atoms with Gasteiger partial charge in [-0.1, -0.05) is 18.2 Å². The van der Waals surface area contributed by atoms with Gasteiger partial charge in [-0.25, -0.2) is 13.2 Å². The Bertz CT molecular complexity index is 1140. The molecule has 0 amide bonds. The Hall–Kier alpha value is -2.91. The smallest absolute Gasteiger partial charge is 0.355 e. The Morgan fingerprint density at radius 1 is 1.07 bits per heavy atom. The summed E-state index contributed by atoms with van der Waals surface area (Å²) in [5.74, 6) is -1.13. The van der Waals surface area contributed by atoms with Gasteiger partial charge in [0.15, 0.2) is 6.61 Å². The van der Waals surface area contributed by atoms with Crippen LogP contribution in [0.3, 0.4) is 0 Å². The van der Waals surface area contributed by atoms with Crippen LogP contribution in [0.4, 0.5) is 0 Å². The number of hydrogen-bond acceptors (Lipinski definition) is 5. The van der Waals surface area contributed by atoms with Crippen molar-refractivity contribution in [3.63, 3.8) is 0 Å². The van der Waals surface area contributed by atoms with Gasteiger partial charge < -0.3 is 14.7 Å². The number of hydrogen-bond donors (Lipinski definition) is 2. The number of H-pyrrole nitrogens is 2. The highest BCUT2D eigenvalue weighted by Gasteiger charge is 2.29. The molecule has 8 nitrogen and oxygen atoms in total. The zero-order valence-electron chi connectivity index (χ0n) is 15.0. The summed E-state index contributed by atoms with van der Waals surface area (Å²) in [6.45, 7) is 0.521. The molecule has 0 aliphatic carbocycles. The fourth-order valence-corrected chi connectivity index (χ4v) is 4.82. The zero-order valence-corrected chi connectivity index (χ0v) is 15.8. The fraction of sp³-hybridized carbons (Fsp3) is 0.263. The van der Waals surface area contributed by atoms with E-state index in [0.29, 0.717) is 18.7 Å². The number of sulfonamides is 1. The minimum atomic E-state index is -3.62. The van der Waals surface area contributed by atoms with Gasteiger partial charge in [-0.2, -0.15) is 4.31 Å². The lowest BCUT2D eigenvalue weighted by molar-refractivity contribution is 0.0470. The van der Waals surface area contributed by atoms with Crippen molar-refractivity contribution in [2.75, 3.05) is 19.7 Å². The number of ether oxygens (including phenoxy) is 1. The molecule has 4 rings (SSSR count). The summed E-state index contributed by atoms with van der Waals surface area (Å²) in [5, 5.41) is 0.752. The highest BCUT2D eigenvalue weighted by Crippen LogP contribution is 2.22. The minimum absolute atomic E-state index is 0.00972. The molecule has 28 heavy (non-hydrogen) atoms. The van der Waals surface area contributed by atoms with Gasteiger partial charge in [0.25, 0.3) is 0 Å². The van der Waals surface area contributed by atoms with Crippen LogP contribution in [0.5, 0.6) is 0 Å². The number of ketones is 1. The number of para-hydroxylation sites is 1. The standard InChI is InChI=1S/C19H19N3O5S/c23-18(15-11-21-16-6-2-1-5-14(15)16)12-27-19(24)17-9-13(10-20-17)28(25,26)22-7-3-4-8-22/h1-2,5-6,9-11,20-21H,3-4,7-8,12H2. The third kappa shape index (κ3) is 3.34. The third-order valence-corrected chi connectivity index (χ3v) is 6.68. The van der Waals surface area contributed by atoms with Crippen LogP contribution in [-0.4, -0.2) is 54.1 Å². The van der Waals surface area contributed by atoms with E-state index in [1.165, 1.54) is 16.6 Å². The maximum atomic E-state index is 12.5. The molecule has 2 aromatic heterocycles. The average Bonchev–Trinajstić information content (AvgIpc) is 3.46. The quantitative estimate of drug-likeness (QED) is 0.486. The van der Waals surface area contributed by atoms with Gasteiger partial charge in [-0.05, 0) is 25.0 Å². The molecule has 1 aromatic carbocycles. The van der Waals surface area contributed by atoms with Crippen molar-refractivity contribution in [2.45, 2.75) is 17.7 Å². The molecule has 9 heteroatoms. The Kier molecular flexibility index (Phi) is 4.78. The van der Waals surface area contributed by atoms with E-state index in [2.05, 4.69) is 9.97 Å². The van der Waals surface area contributed by atoms with Gasteiger partial charge in [0.05, 0.1) is 0 Å². The molecule has 3 aromatic rings. The lowest BCUT2D eigenvalue weighted by Crippen LogP contribution is -2.27. The second-order valence-electron chi connectivity index (χ2n) is 6.61. The summed E-state index contributed by atoms with van der Waals surface area (Å²) < 4.78 is 31.5. The maximum Gasteiger partial charge on any atom is 0.355 e. The number of aromatic amines is 2. The lowest BCUT2D eigenvalue weighted by Gasteiger charge is -2.13. The summed E-state index contributed by atoms with van der Waals surface area (Å²) in [7, 11) is -3.62. The molecule has 0 saturated carbocycles. The predicted octanol–water partition coefficient (Wildman–Crippen LogP) is 2.32. The molecular weight excluding hydrogens is 382 g/mol. The molecule has 0 radical (unpaired) electrons. The topological polar surface area (TPSA) is 112 Å². The van der Waals surface area contributed by atoms with Crippen molar-refractivity contribution in [3.05, 3.63) is 54.0 Å². The zero-order chi connectivity index (χ0) is 19.7. The van der Waals surface area contributed by atoms with E-state index < -0.39 is 22.6 Å². The number of fused-ring (bicyclic) bond motifs is 1. The minimum Gasteiger partial charge on any atom is -0.453 e. The largest absolute Gasteiger partial charge is 0.453 e. The number of rotatable bonds is 6. The fourth-order valence-electron chi connectivity index (χ4n) is 3.31. The summed E-state index contributed by atoms with van der Waals surface area (Å²) in [4.78, 5) is 30.2. The number of nitrogens with one attached hydrogen (secondary N) is 2. The van der Waals surface area contributed by atoms with Gasteiger partial charge in [-0.3, -0.25) is 4.79 Å². The van der Waals surface area contributed by atoms with Crippen LogP contribution in [0, 0.1) is 0 Å². The molecule has 1 saturated heterocycles. The van der Waals surface area contributed by atoms with E-state index in [1.807, 2.05) is 18.2 Å². The number of Topliss-reactive ketones (excluding diaryl/α,β-unsaturated/α-hetero) is 1. The molecule has 1 fully saturated rings. The predicted molar refractivity (Wildman–Crippen MR) is 102 cm³/mol. The first-order chi connectivity index (χ1) is 13.5. The van der Waals surface area contributed by atoms with E-state index in [-0.39, 0.29) is 16.4 Å². The second-order valence-corrected chi connectivity index (χ2v) is 8.55. The number of benzene rings is 1. The van der Waals surface area contributed by atoms with Gasteiger partial charge in [0, 0.05) is 41.9 Å². The normalized spacial score (nSPS) is 15.1. The van der Waals surface area contributed by atoms with E-state index in [0.717, 1.165) is 23.7 Å². The number of esters is 1. The highest BCUT2D eigenvalue weighted by molar-refractivity contribution is 7.89. The second kappa shape index (κ2) is 7.25. The van der Waals surface area contributed by atoms with Crippen molar-refractivity contribution in [1.29, 1.82) is 0 Å². The SMILES string of the molecule is O=C(OCC(=O)c1c[nH]c2ccccc12)c1cc(S(=O)(=O)N2CCCC2)c[nH]1. The average molecular weight is 401 g/mol. The van der Waals surface area contributed by atoms with Crippen LogP contribution < -0.4 is 0 Å². The third-order valence-electron chi connectivity index (χ3n) is 4.80. The van der Waals surface area contributed by atoms with Gasteiger partial charge in [0.1, 0.15) is 10.6 Å². The van der Waals surface area contributed by atoms with Gasteiger partial charge >= 0.3 is 5.97 Å². The van der Waals surface area contributed by atoms with Crippen molar-refractivity contribution >= 4 is 32.7 Å². The molecule has 1 aliphatic heterocycles. The Balaban J connectivity index is 1.43. The molecule has 2 N–H and O–H groups in total. The van der Waals surface area contributed by atoms with Gasteiger partial charge in [-0.15, -0.1) is 0 Å². The van der Waals surface area contributed by atoms with E-state index in [1.54, 1.807) is 12.3 Å². The summed E-state index contributed by atoms with van der Waals surface area (Å²) in [6, 6.07) is 8.57. The van der Waals surface area contributed by atoms with Crippen LogP contribution >= 0.6 is 0 Å². The van der Waals surface area contributed by atoms with Crippen molar-refractivity contribution in [2.24, 2.45) is 0 Å². The number of nitrogens with zero attached hydrogens (tertiary/aromatic N) is 1. The van der Waals surface area contributed by atoms with E-state index in [9.17, 15) is 18.0 Å². The van der Waals surface area contributed by atoms with Crippen LogP contribution in [0.2, 0.25) is 0 Å². The first-order valence-corrected chi connectivity index (χ1v) is 10.4. The van der Waals surface area contributed by atoms with Crippen LogP contribution in [-0.2, 0) is 14.8 Å². The molecule has 146 valence electrons. The molecular formula is C19H19N3O5S. The van der Waals surface area contributed by atoms with Crippen molar-refractivity contribution in [1.82, 2.24) is 14.3 Å². The van der Waals surface area contributed by atoms with Crippen LogP contribution in [0.15, 0.2) is 47.6 Å². The van der Waals surface area contributed by atoms with Crippen molar-refractivity contribution < 1.29 is 22.7 Å². The molecule has 3 heterocycles. The first-order valence-electron chi connectivity index (χ1n) is 8.92. The van der Waals surface area contributed by atoms with Crippen LogP contribution in [0.25, 0.3) is 10.9 Å². The first kappa shape index (κ1) is 18.5. The summed E-state index contributed by atoms with van der Waals surface area (Å²) in [6.07, 6.45) is 4.50. The highest BCUT2D eigenvalue weighted by atomic mass is 32.2. The van der Waals surface area contributed by atoms with Crippen LogP contribution in [0.1, 0.15) is 33.7 Å². The Morgan fingerprint density at radius 3 is 2.61 bits per heavy atom. The summed E-state index contributed by atoms with van der Waals surface area (Å²) in [5.41, 5.74) is 1.25. The molecule has 0 unspecified atom stereocenters. The number of carbonyl (C=O) groups excluding carboxylic acids is 2. The number of carbonyl (C=O) groups is 2. The maximum absolute atomic E-state index is 12.5. The number of aromatic nitrogens is 2. The monoisotopic (exact) mass is 401 g/mol. The van der Waals surface area contributed by atoms with E-state index >= 15 is 0 Å². The Morgan fingerprint density at radius 2 is 1.82 bits per heavy atom.